The molecule has 2 atom stereocenters. The number of imidazole rings is 1. The number of rotatable bonds is 3. The minimum absolute atomic E-state index is 0.165. The van der Waals surface area contributed by atoms with Gasteiger partial charge in [0, 0.05) is 55.6 Å². The Morgan fingerprint density at radius 1 is 1.23 bits per heavy atom. The van der Waals surface area contributed by atoms with E-state index in [1.807, 2.05) is 30.3 Å². The Labute approximate surface area is 153 Å². The molecule has 1 saturated heterocycles. The van der Waals surface area contributed by atoms with Crippen molar-refractivity contribution in [1.82, 2.24) is 19.4 Å². The van der Waals surface area contributed by atoms with E-state index >= 15 is 0 Å². The molecular weight excluding hydrogens is 324 g/mol. The van der Waals surface area contributed by atoms with Crippen LogP contribution in [0.25, 0.3) is 10.9 Å². The number of nitrogens with zero attached hydrogens (tertiary/aromatic N) is 3. The molecule has 2 fully saturated rings. The minimum atomic E-state index is 0.165. The number of aromatic nitrogens is 3. The number of carbonyl (C=O) groups is 1. The number of aryl methyl sites for hydroxylation is 1. The van der Waals surface area contributed by atoms with Crippen molar-refractivity contribution < 1.29 is 4.79 Å². The fourth-order valence-corrected chi connectivity index (χ4v) is 4.51. The van der Waals surface area contributed by atoms with Crippen LogP contribution in [0.5, 0.6) is 0 Å². The third kappa shape index (κ3) is 2.62. The van der Waals surface area contributed by atoms with Gasteiger partial charge < -0.3 is 14.5 Å². The SMILES string of the molecule is Cn1cncc1[C@@H]1C[C@H]1C(=O)N1CCC(c2ccc3[nH]ccc3c2)CC1. The monoisotopic (exact) mass is 348 g/mol. The summed E-state index contributed by atoms with van der Waals surface area (Å²) >= 11 is 0. The highest BCUT2D eigenvalue weighted by Crippen LogP contribution is 2.48. The molecule has 1 amide bonds. The Morgan fingerprint density at radius 3 is 2.85 bits per heavy atom. The topological polar surface area (TPSA) is 53.9 Å². The second kappa shape index (κ2) is 6.01. The highest BCUT2D eigenvalue weighted by atomic mass is 16.2. The summed E-state index contributed by atoms with van der Waals surface area (Å²) in [6.45, 7) is 1.76. The number of H-pyrrole nitrogens is 1. The third-order valence-corrected chi connectivity index (χ3v) is 6.20. The molecule has 26 heavy (non-hydrogen) atoms. The first-order valence-electron chi connectivity index (χ1n) is 9.53. The van der Waals surface area contributed by atoms with Gasteiger partial charge in [-0.05, 0) is 54.3 Å². The van der Waals surface area contributed by atoms with Crippen LogP contribution in [-0.2, 0) is 11.8 Å². The Kier molecular flexibility index (Phi) is 3.62. The standard InChI is InChI=1S/C21H24N4O/c1-24-13-22-12-20(24)17-11-18(17)21(26)25-8-5-14(6-9-25)15-2-3-19-16(10-15)4-7-23-19/h2-4,7,10,12-14,17-18,23H,5-6,8-9,11H2,1H3/t17-,18-/m1/s1. The van der Waals surface area contributed by atoms with Crippen LogP contribution in [0.4, 0.5) is 0 Å². The van der Waals surface area contributed by atoms with Gasteiger partial charge in [0.2, 0.25) is 5.91 Å². The summed E-state index contributed by atoms with van der Waals surface area (Å²) in [4.78, 5) is 22.4. The molecule has 2 aromatic heterocycles. The molecule has 1 saturated carbocycles. The zero-order valence-electron chi connectivity index (χ0n) is 15.1. The number of amides is 1. The number of hydrogen-bond acceptors (Lipinski definition) is 2. The molecule has 5 heteroatoms. The Bertz CT molecular complexity index is 948. The summed E-state index contributed by atoms with van der Waals surface area (Å²) < 4.78 is 2.04. The fourth-order valence-electron chi connectivity index (χ4n) is 4.51. The molecule has 5 nitrogen and oxygen atoms in total. The lowest BCUT2D eigenvalue weighted by atomic mass is 9.88. The van der Waals surface area contributed by atoms with E-state index in [2.05, 4.69) is 39.1 Å². The van der Waals surface area contributed by atoms with Gasteiger partial charge in [0.1, 0.15) is 0 Å². The minimum Gasteiger partial charge on any atom is -0.361 e. The van der Waals surface area contributed by atoms with Gasteiger partial charge in [-0.15, -0.1) is 0 Å². The van der Waals surface area contributed by atoms with Crippen molar-refractivity contribution >= 4 is 16.8 Å². The zero-order valence-corrected chi connectivity index (χ0v) is 15.1. The van der Waals surface area contributed by atoms with Crippen LogP contribution in [0.15, 0.2) is 43.0 Å². The smallest absolute Gasteiger partial charge is 0.226 e. The van der Waals surface area contributed by atoms with Crippen molar-refractivity contribution in [2.75, 3.05) is 13.1 Å². The number of aromatic amines is 1. The molecule has 0 spiro atoms. The molecular formula is C21H24N4O. The van der Waals surface area contributed by atoms with Crippen LogP contribution in [0.2, 0.25) is 0 Å². The molecule has 1 aromatic carbocycles. The number of fused-ring (bicyclic) bond motifs is 1. The maximum Gasteiger partial charge on any atom is 0.226 e. The average Bonchev–Trinajstić information content (AvgIpc) is 3.10. The lowest BCUT2D eigenvalue weighted by Crippen LogP contribution is -2.39. The fraction of sp³-hybridized carbons (Fsp3) is 0.429. The van der Waals surface area contributed by atoms with Gasteiger partial charge in [-0.2, -0.15) is 0 Å². The van der Waals surface area contributed by atoms with E-state index in [9.17, 15) is 4.79 Å². The Balaban J connectivity index is 1.22. The van der Waals surface area contributed by atoms with E-state index < -0.39 is 0 Å². The van der Waals surface area contributed by atoms with Gasteiger partial charge >= 0.3 is 0 Å². The van der Waals surface area contributed by atoms with Gasteiger partial charge in [0.05, 0.1) is 6.33 Å². The summed E-state index contributed by atoms with van der Waals surface area (Å²) in [5, 5.41) is 1.28. The van der Waals surface area contributed by atoms with Crippen molar-refractivity contribution in [3.05, 3.63) is 54.2 Å². The van der Waals surface area contributed by atoms with Gasteiger partial charge in [0.15, 0.2) is 0 Å². The van der Waals surface area contributed by atoms with Crippen molar-refractivity contribution in [1.29, 1.82) is 0 Å². The van der Waals surface area contributed by atoms with Gasteiger partial charge in [0.25, 0.3) is 0 Å². The quantitative estimate of drug-likeness (QED) is 0.788. The van der Waals surface area contributed by atoms with Crippen LogP contribution in [0.1, 0.15) is 42.4 Å². The molecule has 3 aromatic rings. The molecule has 5 rings (SSSR count). The molecule has 3 heterocycles. The second-order valence-electron chi connectivity index (χ2n) is 7.80. The highest BCUT2D eigenvalue weighted by Gasteiger charge is 2.47. The summed E-state index contributed by atoms with van der Waals surface area (Å²) in [7, 11) is 2.01. The van der Waals surface area contributed by atoms with Crippen molar-refractivity contribution in [3.8, 4) is 0 Å². The molecule has 1 N–H and O–H groups in total. The number of hydrogen-bond donors (Lipinski definition) is 1. The van der Waals surface area contributed by atoms with Crippen LogP contribution in [0, 0.1) is 5.92 Å². The maximum atomic E-state index is 12.9. The molecule has 2 aliphatic rings. The van der Waals surface area contributed by atoms with Gasteiger partial charge in [-0.1, -0.05) is 6.07 Å². The normalized spacial score (nSPS) is 23.5. The number of piperidine rings is 1. The zero-order chi connectivity index (χ0) is 17.7. The summed E-state index contributed by atoms with van der Waals surface area (Å²) in [6, 6.07) is 8.83. The van der Waals surface area contributed by atoms with E-state index in [4.69, 9.17) is 0 Å². The van der Waals surface area contributed by atoms with E-state index in [1.54, 1.807) is 0 Å². The third-order valence-electron chi connectivity index (χ3n) is 6.20. The lowest BCUT2D eigenvalue weighted by Gasteiger charge is -2.32. The summed E-state index contributed by atoms with van der Waals surface area (Å²) in [5.74, 6) is 1.43. The van der Waals surface area contributed by atoms with Gasteiger partial charge in [-0.3, -0.25) is 4.79 Å². The van der Waals surface area contributed by atoms with Crippen LogP contribution < -0.4 is 0 Å². The Morgan fingerprint density at radius 2 is 2.08 bits per heavy atom. The van der Waals surface area contributed by atoms with E-state index in [-0.39, 0.29) is 5.92 Å². The first-order valence-corrected chi connectivity index (χ1v) is 9.53. The predicted octanol–water partition coefficient (Wildman–Crippen LogP) is 3.41. The van der Waals surface area contributed by atoms with Crippen molar-refractivity contribution in [2.45, 2.75) is 31.1 Å². The van der Waals surface area contributed by atoms with Crippen LogP contribution in [-0.4, -0.2) is 38.4 Å². The molecule has 0 bridgehead atoms. The predicted molar refractivity (Wildman–Crippen MR) is 101 cm³/mol. The molecule has 1 aliphatic carbocycles. The number of likely N-dealkylation sites (tertiary alicyclic amines) is 1. The molecule has 0 unspecified atom stereocenters. The van der Waals surface area contributed by atoms with E-state index in [0.717, 1.165) is 32.4 Å². The van der Waals surface area contributed by atoms with E-state index in [0.29, 0.717) is 17.7 Å². The molecule has 0 radical (unpaired) electrons. The average molecular weight is 348 g/mol. The maximum absolute atomic E-state index is 12.9. The summed E-state index contributed by atoms with van der Waals surface area (Å²) in [5.41, 5.74) is 3.79. The first-order chi connectivity index (χ1) is 12.7. The first kappa shape index (κ1) is 15.7. The number of benzene rings is 1. The molecule has 134 valence electrons. The van der Waals surface area contributed by atoms with Gasteiger partial charge in [-0.25, -0.2) is 4.98 Å². The summed E-state index contributed by atoms with van der Waals surface area (Å²) in [6.07, 6.45) is 8.81. The lowest BCUT2D eigenvalue weighted by molar-refractivity contribution is -0.133. The highest BCUT2D eigenvalue weighted by molar-refractivity contribution is 5.83. The second-order valence-corrected chi connectivity index (χ2v) is 7.80. The van der Waals surface area contributed by atoms with E-state index in [1.165, 1.54) is 22.2 Å². The van der Waals surface area contributed by atoms with Crippen molar-refractivity contribution in [3.63, 3.8) is 0 Å². The largest absolute Gasteiger partial charge is 0.361 e. The van der Waals surface area contributed by atoms with Crippen LogP contribution >= 0.6 is 0 Å². The van der Waals surface area contributed by atoms with Crippen molar-refractivity contribution in [2.24, 2.45) is 13.0 Å². The van der Waals surface area contributed by atoms with Crippen LogP contribution in [0.3, 0.4) is 0 Å². The molecule has 1 aliphatic heterocycles. The number of nitrogens with one attached hydrogen (secondary N) is 1. The number of carbonyl (C=O) groups excluding carboxylic acids is 1. The Hall–Kier alpha value is -2.56.